The molecule has 0 aliphatic carbocycles. The topological polar surface area (TPSA) is 88.9 Å². The van der Waals surface area contributed by atoms with E-state index in [4.69, 9.17) is 0 Å². The van der Waals surface area contributed by atoms with Crippen LogP contribution in [0.1, 0.15) is 59.1 Å². The maximum absolute atomic E-state index is 12.6. The normalized spacial score (nSPS) is 13.4. The SMILES string of the molecule is CC(C)NC(=O)c1nc(C(=O)NCc2cccnc2)n2c1CCCC2. The first-order valence-corrected chi connectivity index (χ1v) is 8.63. The largest absolute Gasteiger partial charge is 0.348 e. The molecule has 0 fully saturated rings. The van der Waals surface area contributed by atoms with Gasteiger partial charge in [0.1, 0.15) is 5.69 Å². The number of carbonyl (C=O) groups is 2. The molecule has 2 amide bonds. The van der Waals surface area contributed by atoms with Crippen LogP contribution in [0.4, 0.5) is 0 Å². The van der Waals surface area contributed by atoms with E-state index in [1.807, 2.05) is 30.5 Å². The number of carbonyl (C=O) groups excluding carboxylic acids is 2. The lowest BCUT2D eigenvalue weighted by Crippen LogP contribution is -2.31. The zero-order valence-electron chi connectivity index (χ0n) is 14.6. The zero-order chi connectivity index (χ0) is 17.8. The van der Waals surface area contributed by atoms with Gasteiger partial charge in [0.2, 0.25) is 0 Å². The van der Waals surface area contributed by atoms with Crippen molar-refractivity contribution in [3.63, 3.8) is 0 Å². The lowest BCUT2D eigenvalue weighted by molar-refractivity contribution is 0.0934. The summed E-state index contributed by atoms with van der Waals surface area (Å²) in [5.41, 5.74) is 2.15. The minimum atomic E-state index is -0.268. The molecular formula is C18H23N5O2. The van der Waals surface area contributed by atoms with E-state index in [0.29, 0.717) is 24.6 Å². The molecule has 1 aliphatic rings. The minimum Gasteiger partial charge on any atom is -0.348 e. The second-order valence-electron chi connectivity index (χ2n) is 6.51. The van der Waals surface area contributed by atoms with Crippen LogP contribution in [0.25, 0.3) is 0 Å². The summed E-state index contributed by atoms with van der Waals surface area (Å²) in [6.07, 6.45) is 6.16. The molecule has 2 N–H and O–H groups in total. The molecule has 7 heteroatoms. The van der Waals surface area contributed by atoms with Crippen LogP contribution in [0.5, 0.6) is 0 Å². The highest BCUT2D eigenvalue weighted by atomic mass is 16.2. The quantitative estimate of drug-likeness (QED) is 0.866. The average Bonchev–Trinajstić information content (AvgIpc) is 3.00. The number of fused-ring (bicyclic) bond motifs is 1. The van der Waals surface area contributed by atoms with Gasteiger partial charge in [-0.1, -0.05) is 6.07 Å². The van der Waals surface area contributed by atoms with E-state index in [9.17, 15) is 9.59 Å². The van der Waals surface area contributed by atoms with Crippen LogP contribution >= 0.6 is 0 Å². The summed E-state index contributed by atoms with van der Waals surface area (Å²) < 4.78 is 1.89. The highest BCUT2D eigenvalue weighted by molar-refractivity contribution is 5.97. The maximum Gasteiger partial charge on any atom is 0.287 e. The van der Waals surface area contributed by atoms with Gasteiger partial charge in [-0.05, 0) is 44.7 Å². The molecule has 0 radical (unpaired) electrons. The number of pyridine rings is 1. The van der Waals surface area contributed by atoms with Gasteiger partial charge in [0.05, 0.1) is 5.69 Å². The standard InChI is InChI=1S/C18H23N5O2/c1-12(2)21-17(24)15-14-7-3-4-9-23(14)16(22-15)18(25)20-11-13-6-5-8-19-10-13/h5-6,8,10,12H,3-4,7,9,11H2,1-2H3,(H,20,25)(H,21,24). The van der Waals surface area contributed by atoms with Crippen LogP contribution in [-0.4, -0.2) is 32.4 Å². The first-order valence-electron chi connectivity index (χ1n) is 8.63. The van der Waals surface area contributed by atoms with Gasteiger partial charge >= 0.3 is 0 Å². The van der Waals surface area contributed by atoms with Gasteiger partial charge in [0.15, 0.2) is 5.82 Å². The summed E-state index contributed by atoms with van der Waals surface area (Å²) in [5, 5.41) is 5.73. The van der Waals surface area contributed by atoms with Crippen LogP contribution in [0.3, 0.4) is 0 Å². The van der Waals surface area contributed by atoms with Gasteiger partial charge in [-0.2, -0.15) is 0 Å². The van der Waals surface area contributed by atoms with E-state index in [1.54, 1.807) is 12.4 Å². The zero-order valence-corrected chi connectivity index (χ0v) is 14.6. The number of imidazole rings is 1. The maximum atomic E-state index is 12.6. The third-order valence-corrected chi connectivity index (χ3v) is 4.13. The molecule has 132 valence electrons. The Morgan fingerprint density at radius 3 is 2.84 bits per heavy atom. The summed E-state index contributed by atoms with van der Waals surface area (Å²) in [6.45, 7) is 4.90. The van der Waals surface area contributed by atoms with Gasteiger partial charge in [-0.15, -0.1) is 0 Å². The van der Waals surface area contributed by atoms with Crippen molar-refractivity contribution in [1.29, 1.82) is 0 Å². The molecule has 7 nitrogen and oxygen atoms in total. The summed E-state index contributed by atoms with van der Waals surface area (Å²) in [7, 11) is 0. The Bertz CT molecular complexity index is 767. The first kappa shape index (κ1) is 17.1. The van der Waals surface area contributed by atoms with E-state index in [-0.39, 0.29) is 17.9 Å². The van der Waals surface area contributed by atoms with E-state index >= 15 is 0 Å². The molecule has 3 heterocycles. The molecule has 1 aliphatic heterocycles. The summed E-state index contributed by atoms with van der Waals surface area (Å²) >= 11 is 0. The second kappa shape index (κ2) is 7.46. The van der Waals surface area contributed by atoms with Gasteiger partial charge in [-0.3, -0.25) is 14.6 Å². The summed E-state index contributed by atoms with van der Waals surface area (Å²) in [4.78, 5) is 33.4. The second-order valence-corrected chi connectivity index (χ2v) is 6.51. The Labute approximate surface area is 146 Å². The van der Waals surface area contributed by atoms with Gasteiger partial charge in [0.25, 0.3) is 11.8 Å². The fourth-order valence-corrected chi connectivity index (χ4v) is 2.99. The van der Waals surface area contributed by atoms with Crippen molar-refractivity contribution >= 4 is 11.8 Å². The molecule has 0 aromatic carbocycles. The number of hydrogen-bond donors (Lipinski definition) is 2. The molecule has 0 saturated carbocycles. The summed E-state index contributed by atoms with van der Waals surface area (Å²) in [6, 6.07) is 3.75. The molecule has 0 saturated heterocycles. The third-order valence-electron chi connectivity index (χ3n) is 4.13. The molecule has 2 aromatic rings. The van der Waals surface area contributed by atoms with E-state index < -0.39 is 0 Å². The van der Waals surface area contributed by atoms with Crippen LogP contribution in [0.2, 0.25) is 0 Å². The predicted octanol–water partition coefficient (Wildman–Crippen LogP) is 1.68. The van der Waals surface area contributed by atoms with Crippen LogP contribution < -0.4 is 10.6 Å². The van der Waals surface area contributed by atoms with Crippen LogP contribution in [0, 0.1) is 0 Å². The van der Waals surface area contributed by atoms with Crippen LogP contribution in [-0.2, 0) is 19.5 Å². The predicted molar refractivity (Wildman–Crippen MR) is 93.2 cm³/mol. The minimum absolute atomic E-state index is 0.0243. The average molecular weight is 341 g/mol. The Hall–Kier alpha value is -2.70. The molecule has 0 unspecified atom stereocenters. The lowest BCUT2D eigenvalue weighted by Gasteiger charge is -2.17. The number of aromatic nitrogens is 3. The number of hydrogen-bond acceptors (Lipinski definition) is 4. The van der Waals surface area contributed by atoms with Crippen molar-refractivity contribution in [3.8, 4) is 0 Å². The number of rotatable bonds is 5. The number of nitrogens with one attached hydrogen (secondary N) is 2. The smallest absolute Gasteiger partial charge is 0.287 e. The Kier molecular flexibility index (Phi) is 5.11. The van der Waals surface area contributed by atoms with E-state index in [2.05, 4.69) is 20.6 Å². The van der Waals surface area contributed by atoms with Crippen molar-refractivity contribution in [2.45, 2.75) is 52.2 Å². The molecular weight excluding hydrogens is 318 g/mol. The molecule has 0 atom stereocenters. The van der Waals surface area contributed by atoms with Crippen molar-refractivity contribution < 1.29 is 9.59 Å². The summed E-state index contributed by atoms with van der Waals surface area (Å²) in [5.74, 6) is -0.171. The van der Waals surface area contributed by atoms with Crippen LogP contribution in [0.15, 0.2) is 24.5 Å². The van der Waals surface area contributed by atoms with E-state index in [1.165, 1.54) is 0 Å². The van der Waals surface area contributed by atoms with Crippen molar-refractivity contribution in [3.05, 3.63) is 47.3 Å². The molecule has 0 bridgehead atoms. The Morgan fingerprint density at radius 2 is 2.12 bits per heavy atom. The number of amides is 2. The van der Waals surface area contributed by atoms with Gasteiger partial charge in [-0.25, -0.2) is 4.98 Å². The number of nitrogens with zero attached hydrogens (tertiary/aromatic N) is 3. The highest BCUT2D eigenvalue weighted by Crippen LogP contribution is 2.21. The molecule has 3 rings (SSSR count). The van der Waals surface area contributed by atoms with Crippen molar-refractivity contribution in [2.24, 2.45) is 0 Å². The highest BCUT2D eigenvalue weighted by Gasteiger charge is 2.27. The third kappa shape index (κ3) is 3.87. The van der Waals surface area contributed by atoms with Crippen molar-refractivity contribution in [1.82, 2.24) is 25.2 Å². The fraction of sp³-hybridized carbons (Fsp3) is 0.444. The lowest BCUT2D eigenvalue weighted by atomic mass is 10.1. The van der Waals surface area contributed by atoms with Gasteiger partial charge in [0, 0.05) is 31.5 Å². The Balaban J connectivity index is 1.81. The fourth-order valence-electron chi connectivity index (χ4n) is 2.99. The molecule has 2 aromatic heterocycles. The Morgan fingerprint density at radius 1 is 1.28 bits per heavy atom. The molecule has 25 heavy (non-hydrogen) atoms. The van der Waals surface area contributed by atoms with Crippen molar-refractivity contribution in [2.75, 3.05) is 0 Å². The first-order chi connectivity index (χ1) is 12.1. The molecule has 0 spiro atoms. The monoisotopic (exact) mass is 341 g/mol. The van der Waals surface area contributed by atoms with Gasteiger partial charge < -0.3 is 15.2 Å². The van der Waals surface area contributed by atoms with E-state index in [0.717, 1.165) is 30.5 Å².